The van der Waals surface area contributed by atoms with Crippen LogP contribution in [0.2, 0.25) is 0 Å². The lowest BCUT2D eigenvalue weighted by atomic mass is 9.57. The molecule has 2 saturated heterocycles. The summed E-state index contributed by atoms with van der Waals surface area (Å²) in [5.41, 5.74) is 4.38. The van der Waals surface area contributed by atoms with Gasteiger partial charge >= 0.3 is 5.69 Å². The largest absolute Gasteiger partial charge is 0.329 e. The van der Waals surface area contributed by atoms with Crippen LogP contribution in [0.25, 0.3) is 11.0 Å². The van der Waals surface area contributed by atoms with Gasteiger partial charge in [0.1, 0.15) is 0 Å². The number of nitrogens with one attached hydrogen (secondary N) is 2. The van der Waals surface area contributed by atoms with Crippen molar-refractivity contribution in [1.29, 1.82) is 0 Å². The molecule has 0 amide bonds. The van der Waals surface area contributed by atoms with Gasteiger partial charge in [0.05, 0.1) is 17.1 Å². The fourth-order valence-corrected chi connectivity index (χ4v) is 6.08. The number of nitrogens with zero attached hydrogens (tertiary/aromatic N) is 2. The first-order valence-electron chi connectivity index (χ1n) is 11.3. The number of imidazole rings is 1. The molecule has 28 heavy (non-hydrogen) atoms. The van der Waals surface area contributed by atoms with Crippen molar-refractivity contribution in [1.82, 2.24) is 19.8 Å². The third kappa shape index (κ3) is 3.22. The Kier molecular flexibility index (Phi) is 4.84. The predicted molar refractivity (Wildman–Crippen MR) is 114 cm³/mol. The molecule has 1 aliphatic carbocycles. The van der Waals surface area contributed by atoms with Crippen LogP contribution < -0.4 is 16.3 Å². The minimum Gasteiger partial charge on any atom is -0.317 e. The molecule has 3 heterocycles. The van der Waals surface area contributed by atoms with E-state index in [1.54, 1.807) is 0 Å². The summed E-state index contributed by atoms with van der Waals surface area (Å²) in [6.45, 7) is 4.40. The molecule has 152 valence electrons. The van der Waals surface area contributed by atoms with E-state index >= 15 is 0 Å². The van der Waals surface area contributed by atoms with Gasteiger partial charge in [0.15, 0.2) is 0 Å². The molecule has 1 aromatic carbocycles. The van der Waals surface area contributed by atoms with Gasteiger partial charge in [0, 0.05) is 13.6 Å². The molecule has 5 nitrogen and oxygen atoms in total. The minimum absolute atomic E-state index is 0.132. The molecule has 2 aliphatic heterocycles. The van der Waals surface area contributed by atoms with Crippen molar-refractivity contribution in [3.63, 3.8) is 0 Å². The Morgan fingerprint density at radius 3 is 2.68 bits per heavy atom. The summed E-state index contributed by atoms with van der Waals surface area (Å²) < 4.78 is 3.87. The van der Waals surface area contributed by atoms with Crippen LogP contribution in [0.4, 0.5) is 0 Å². The van der Waals surface area contributed by atoms with Crippen LogP contribution in [-0.4, -0.2) is 35.3 Å². The van der Waals surface area contributed by atoms with Crippen LogP contribution in [0.3, 0.4) is 0 Å². The molecular weight excluding hydrogens is 348 g/mol. The second-order valence-corrected chi connectivity index (χ2v) is 9.60. The zero-order valence-corrected chi connectivity index (χ0v) is 17.2. The van der Waals surface area contributed by atoms with E-state index in [1.807, 2.05) is 16.2 Å². The van der Waals surface area contributed by atoms with Crippen LogP contribution >= 0.6 is 0 Å². The zero-order valence-electron chi connectivity index (χ0n) is 17.2. The Morgan fingerprint density at radius 2 is 1.93 bits per heavy atom. The molecule has 3 fully saturated rings. The van der Waals surface area contributed by atoms with Crippen molar-refractivity contribution >= 4 is 11.0 Å². The van der Waals surface area contributed by atoms with Crippen molar-refractivity contribution < 1.29 is 0 Å². The topological polar surface area (TPSA) is 51.0 Å². The van der Waals surface area contributed by atoms with E-state index in [9.17, 15) is 4.79 Å². The first kappa shape index (κ1) is 18.4. The highest BCUT2D eigenvalue weighted by Gasteiger charge is 2.43. The number of aromatic nitrogens is 2. The van der Waals surface area contributed by atoms with Crippen molar-refractivity contribution in [3.8, 4) is 0 Å². The Hall–Kier alpha value is -1.59. The molecule has 2 aromatic rings. The van der Waals surface area contributed by atoms with Gasteiger partial charge in [0.25, 0.3) is 0 Å². The molecule has 5 rings (SSSR count). The first-order valence-corrected chi connectivity index (χ1v) is 11.3. The van der Waals surface area contributed by atoms with E-state index < -0.39 is 0 Å². The van der Waals surface area contributed by atoms with Crippen LogP contribution in [-0.2, 0) is 13.5 Å². The minimum atomic E-state index is 0.132. The standard InChI is InChI=1S/C23H34N4O/c1-26-21-13-17(4-5-18-14-23(15-18)8-11-24-12-9-23)6-7-20(21)27(22(26)28)19-3-2-10-25-16-19/h6-7,13,18-19,24-25H,2-5,8-12,14-16H2,1H3. The Bertz CT molecular complexity index is 891. The zero-order chi connectivity index (χ0) is 19.1. The predicted octanol–water partition coefficient (Wildman–Crippen LogP) is 2.98. The smallest absolute Gasteiger partial charge is 0.317 e. The van der Waals surface area contributed by atoms with Crippen molar-refractivity contribution in [2.45, 2.75) is 57.4 Å². The Morgan fingerprint density at radius 1 is 1.11 bits per heavy atom. The summed E-state index contributed by atoms with van der Waals surface area (Å²) in [5, 5.41) is 6.94. The Labute approximate surface area is 167 Å². The average molecular weight is 383 g/mol. The molecule has 1 unspecified atom stereocenters. The highest BCUT2D eigenvalue weighted by Crippen LogP contribution is 2.53. The number of fused-ring (bicyclic) bond motifs is 1. The van der Waals surface area contributed by atoms with Gasteiger partial charge in [-0.25, -0.2) is 4.79 Å². The number of rotatable bonds is 4. The van der Waals surface area contributed by atoms with Gasteiger partial charge in [-0.15, -0.1) is 0 Å². The van der Waals surface area contributed by atoms with Crippen molar-refractivity contribution in [3.05, 3.63) is 34.2 Å². The van der Waals surface area contributed by atoms with E-state index in [4.69, 9.17) is 0 Å². The van der Waals surface area contributed by atoms with Crippen molar-refractivity contribution in [2.75, 3.05) is 26.2 Å². The summed E-state index contributed by atoms with van der Waals surface area (Å²) >= 11 is 0. The normalized spacial score (nSPS) is 25.2. The molecule has 3 aliphatic rings. The van der Waals surface area contributed by atoms with E-state index in [2.05, 4.69) is 28.8 Å². The summed E-state index contributed by atoms with van der Waals surface area (Å²) in [6, 6.07) is 7.00. The molecule has 0 radical (unpaired) electrons. The maximum Gasteiger partial charge on any atom is 0.329 e. The maximum atomic E-state index is 12.9. The molecule has 1 spiro atoms. The second-order valence-electron chi connectivity index (χ2n) is 9.60. The molecule has 1 aromatic heterocycles. The third-order valence-electron chi connectivity index (χ3n) is 7.74. The van der Waals surface area contributed by atoms with Gasteiger partial charge in [-0.2, -0.15) is 0 Å². The second kappa shape index (κ2) is 7.34. The van der Waals surface area contributed by atoms with E-state index in [0.29, 0.717) is 5.41 Å². The maximum absolute atomic E-state index is 12.9. The monoisotopic (exact) mass is 382 g/mol. The summed E-state index contributed by atoms with van der Waals surface area (Å²) in [4.78, 5) is 12.9. The van der Waals surface area contributed by atoms with Crippen molar-refractivity contribution in [2.24, 2.45) is 18.4 Å². The fourth-order valence-electron chi connectivity index (χ4n) is 6.08. The average Bonchev–Trinajstić information content (AvgIpc) is 2.96. The van der Waals surface area contributed by atoms with E-state index in [-0.39, 0.29) is 11.7 Å². The fraction of sp³-hybridized carbons (Fsp3) is 0.696. The van der Waals surface area contributed by atoms with E-state index in [1.165, 1.54) is 50.8 Å². The molecule has 5 heteroatoms. The number of aryl methyl sites for hydroxylation is 2. The van der Waals surface area contributed by atoms with Gasteiger partial charge < -0.3 is 10.6 Å². The Balaban J connectivity index is 1.29. The summed E-state index contributed by atoms with van der Waals surface area (Å²) in [6.07, 6.45) is 10.3. The lowest BCUT2D eigenvalue weighted by Crippen LogP contribution is -2.45. The van der Waals surface area contributed by atoms with E-state index in [0.717, 1.165) is 49.3 Å². The molecule has 1 atom stereocenters. The number of hydrogen-bond donors (Lipinski definition) is 2. The highest BCUT2D eigenvalue weighted by molar-refractivity contribution is 5.77. The summed E-state index contributed by atoms with van der Waals surface area (Å²) in [5.74, 6) is 0.899. The quantitative estimate of drug-likeness (QED) is 0.855. The van der Waals surface area contributed by atoms with Crippen LogP contribution in [0.1, 0.15) is 56.6 Å². The number of piperidine rings is 2. The SMILES string of the molecule is Cn1c(=O)n(C2CCCNC2)c2ccc(CCC3CC4(CCNCC4)C3)cc21. The highest BCUT2D eigenvalue weighted by atomic mass is 16.1. The van der Waals surface area contributed by atoms with Gasteiger partial charge in [0.2, 0.25) is 0 Å². The van der Waals surface area contributed by atoms with Crippen LogP contribution in [0, 0.1) is 11.3 Å². The molecular formula is C23H34N4O. The van der Waals surface area contributed by atoms with Gasteiger partial charge in [-0.1, -0.05) is 6.07 Å². The molecule has 0 bridgehead atoms. The number of hydrogen-bond acceptors (Lipinski definition) is 3. The summed E-state index contributed by atoms with van der Waals surface area (Å²) in [7, 11) is 1.92. The van der Waals surface area contributed by atoms with Gasteiger partial charge in [-0.05, 0) is 100 Å². The van der Waals surface area contributed by atoms with Crippen LogP contribution in [0.15, 0.2) is 23.0 Å². The van der Waals surface area contributed by atoms with Crippen LogP contribution in [0.5, 0.6) is 0 Å². The lowest BCUT2D eigenvalue weighted by molar-refractivity contribution is 0.0177. The molecule has 1 saturated carbocycles. The lowest BCUT2D eigenvalue weighted by Gasteiger charge is -2.50. The number of benzene rings is 1. The first-order chi connectivity index (χ1) is 13.7. The van der Waals surface area contributed by atoms with Gasteiger partial charge in [-0.3, -0.25) is 9.13 Å². The molecule has 2 N–H and O–H groups in total. The third-order valence-corrected chi connectivity index (χ3v) is 7.74.